The van der Waals surface area contributed by atoms with Crippen LogP contribution in [0.3, 0.4) is 0 Å². The summed E-state index contributed by atoms with van der Waals surface area (Å²) in [5, 5.41) is 3.34. The van der Waals surface area contributed by atoms with E-state index in [1.165, 1.54) is 38.5 Å². The minimum Gasteiger partial charge on any atom is -0.460 e. The van der Waals surface area contributed by atoms with Gasteiger partial charge in [0.25, 0.3) is 0 Å². The van der Waals surface area contributed by atoms with Crippen LogP contribution in [0.2, 0.25) is 0 Å². The third-order valence-corrected chi connectivity index (χ3v) is 2.97. The Bertz CT molecular complexity index is 233. The van der Waals surface area contributed by atoms with E-state index < -0.39 is 0 Å². The predicted molar refractivity (Wildman–Crippen MR) is 81.3 cm³/mol. The van der Waals surface area contributed by atoms with Crippen molar-refractivity contribution in [2.45, 2.75) is 78.7 Å². The molecule has 1 N–H and O–H groups in total. The van der Waals surface area contributed by atoms with Crippen molar-refractivity contribution in [3.63, 3.8) is 0 Å². The maximum Gasteiger partial charge on any atom is 0.310 e. The molecule has 0 unspecified atom stereocenters. The van der Waals surface area contributed by atoms with E-state index in [1.807, 2.05) is 27.7 Å². The molecule has 0 bridgehead atoms. The molecule has 0 amide bonds. The van der Waals surface area contributed by atoms with E-state index >= 15 is 0 Å². The first kappa shape index (κ1) is 18.4. The van der Waals surface area contributed by atoms with Crippen molar-refractivity contribution in [1.82, 2.24) is 5.32 Å². The van der Waals surface area contributed by atoms with Crippen LogP contribution in [0.25, 0.3) is 0 Å². The highest BCUT2D eigenvalue weighted by molar-refractivity contribution is 5.72. The summed E-state index contributed by atoms with van der Waals surface area (Å²) in [6.45, 7) is 11.6. The highest BCUT2D eigenvalue weighted by Crippen LogP contribution is 2.10. The number of ether oxygens (including phenoxy) is 1. The summed E-state index contributed by atoms with van der Waals surface area (Å²) >= 11 is 0. The molecule has 0 radical (unpaired) electrons. The number of nitrogens with one attached hydrogen (secondary N) is 1. The van der Waals surface area contributed by atoms with Crippen LogP contribution in [0.1, 0.15) is 73.1 Å². The molecular weight excluding hydrogens is 238 g/mol. The molecule has 0 heterocycles. The van der Waals surface area contributed by atoms with Gasteiger partial charge in [-0.25, -0.2) is 0 Å². The van der Waals surface area contributed by atoms with Crippen LogP contribution in [0, 0.1) is 5.92 Å². The lowest BCUT2D eigenvalue weighted by atomic mass is 10.1. The number of rotatable bonds is 10. The number of esters is 1. The van der Waals surface area contributed by atoms with Gasteiger partial charge in [-0.05, 0) is 33.7 Å². The highest BCUT2D eigenvalue weighted by atomic mass is 16.6. The van der Waals surface area contributed by atoms with Crippen LogP contribution in [-0.2, 0) is 9.53 Å². The van der Waals surface area contributed by atoms with Gasteiger partial charge in [-0.15, -0.1) is 0 Å². The Morgan fingerprint density at radius 2 is 1.68 bits per heavy atom. The van der Waals surface area contributed by atoms with Crippen LogP contribution in [-0.4, -0.2) is 24.7 Å². The fourth-order valence-corrected chi connectivity index (χ4v) is 1.83. The van der Waals surface area contributed by atoms with E-state index in [0.717, 1.165) is 6.54 Å². The Kier molecular flexibility index (Phi) is 9.94. The first-order valence-corrected chi connectivity index (χ1v) is 7.80. The average molecular weight is 271 g/mol. The van der Waals surface area contributed by atoms with E-state index in [0.29, 0.717) is 6.54 Å². The number of hydrogen-bond donors (Lipinski definition) is 1. The van der Waals surface area contributed by atoms with Gasteiger partial charge in [-0.3, -0.25) is 4.79 Å². The van der Waals surface area contributed by atoms with Gasteiger partial charge >= 0.3 is 5.97 Å². The molecule has 114 valence electrons. The lowest BCUT2D eigenvalue weighted by Crippen LogP contribution is -2.33. The van der Waals surface area contributed by atoms with E-state index in [1.54, 1.807) is 0 Å². The van der Waals surface area contributed by atoms with Crippen molar-refractivity contribution in [3.8, 4) is 0 Å². The third-order valence-electron chi connectivity index (χ3n) is 2.97. The normalized spacial score (nSPS) is 13.3. The van der Waals surface area contributed by atoms with Crippen LogP contribution in [0.5, 0.6) is 0 Å². The second-order valence-corrected chi connectivity index (χ2v) is 6.41. The molecule has 19 heavy (non-hydrogen) atoms. The smallest absolute Gasteiger partial charge is 0.310 e. The van der Waals surface area contributed by atoms with E-state index in [4.69, 9.17) is 4.74 Å². The number of carbonyl (C=O) groups excluding carboxylic acids is 1. The second-order valence-electron chi connectivity index (χ2n) is 6.41. The Labute approximate surface area is 119 Å². The first-order valence-electron chi connectivity index (χ1n) is 7.80. The molecular formula is C16H33NO2. The topological polar surface area (TPSA) is 38.3 Å². The van der Waals surface area contributed by atoms with Gasteiger partial charge in [0.1, 0.15) is 5.60 Å². The molecule has 0 aromatic heterocycles. The molecule has 0 aromatic carbocycles. The molecule has 0 aliphatic rings. The zero-order valence-electron chi connectivity index (χ0n) is 13.6. The van der Waals surface area contributed by atoms with Crippen molar-refractivity contribution in [1.29, 1.82) is 0 Å². The zero-order chi connectivity index (χ0) is 14.7. The van der Waals surface area contributed by atoms with Crippen LogP contribution in [0.15, 0.2) is 0 Å². The maximum absolute atomic E-state index is 11.7. The summed E-state index contributed by atoms with van der Waals surface area (Å²) in [6, 6.07) is 0. The summed E-state index contributed by atoms with van der Waals surface area (Å²) in [6.07, 6.45) is 7.81. The molecule has 0 rings (SSSR count). The number of unbranched alkanes of at least 4 members (excludes halogenated alkanes) is 5. The molecule has 0 aliphatic carbocycles. The van der Waals surface area contributed by atoms with Crippen LogP contribution < -0.4 is 5.32 Å². The lowest BCUT2D eigenvalue weighted by Gasteiger charge is -2.22. The lowest BCUT2D eigenvalue weighted by molar-refractivity contribution is -0.159. The van der Waals surface area contributed by atoms with E-state index in [9.17, 15) is 4.79 Å². The third kappa shape index (κ3) is 12.2. The molecule has 0 aliphatic heterocycles. The standard InChI is InChI=1S/C16H33NO2/c1-6-7-8-9-10-11-12-17-13-14(2)15(18)19-16(3,4)5/h14,17H,6-13H2,1-5H3/t14-/m1/s1. The number of hydrogen-bond acceptors (Lipinski definition) is 3. The van der Waals surface area contributed by atoms with Crippen molar-refractivity contribution in [2.75, 3.05) is 13.1 Å². The molecule has 3 heteroatoms. The molecule has 0 saturated heterocycles. The largest absolute Gasteiger partial charge is 0.460 e. The molecule has 0 fully saturated rings. The summed E-state index contributed by atoms with van der Waals surface area (Å²) in [7, 11) is 0. The van der Waals surface area contributed by atoms with E-state index in [2.05, 4.69) is 12.2 Å². The summed E-state index contributed by atoms with van der Waals surface area (Å²) in [5.74, 6) is -0.178. The van der Waals surface area contributed by atoms with Crippen molar-refractivity contribution >= 4 is 5.97 Å². The monoisotopic (exact) mass is 271 g/mol. The SMILES string of the molecule is CCCCCCCCNC[C@@H](C)C(=O)OC(C)(C)C. The van der Waals surface area contributed by atoms with E-state index in [-0.39, 0.29) is 17.5 Å². The highest BCUT2D eigenvalue weighted by Gasteiger charge is 2.21. The van der Waals surface area contributed by atoms with Crippen molar-refractivity contribution in [2.24, 2.45) is 5.92 Å². The van der Waals surface area contributed by atoms with Gasteiger partial charge in [0.2, 0.25) is 0 Å². The fraction of sp³-hybridized carbons (Fsp3) is 0.938. The van der Waals surface area contributed by atoms with Gasteiger partial charge in [0, 0.05) is 6.54 Å². The Balaban J connectivity index is 3.48. The van der Waals surface area contributed by atoms with Gasteiger partial charge in [0.05, 0.1) is 5.92 Å². The molecule has 0 spiro atoms. The van der Waals surface area contributed by atoms with Gasteiger partial charge < -0.3 is 10.1 Å². The molecule has 3 nitrogen and oxygen atoms in total. The Morgan fingerprint density at radius 1 is 1.11 bits per heavy atom. The summed E-state index contributed by atoms with van der Waals surface area (Å²) in [5.41, 5.74) is -0.384. The minimum atomic E-state index is -0.384. The summed E-state index contributed by atoms with van der Waals surface area (Å²) in [4.78, 5) is 11.7. The zero-order valence-corrected chi connectivity index (χ0v) is 13.6. The van der Waals surface area contributed by atoms with Gasteiger partial charge in [0.15, 0.2) is 0 Å². The Hall–Kier alpha value is -0.570. The van der Waals surface area contributed by atoms with Crippen molar-refractivity contribution < 1.29 is 9.53 Å². The minimum absolute atomic E-state index is 0.0701. The van der Waals surface area contributed by atoms with Crippen LogP contribution >= 0.6 is 0 Å². The van der Waals surface area contributed by atoms with Crippen molar-refractivity contribution in [3.05, 3.63) is 0 Å². The second kappa shape index (κ2) is 10.2. The Morgan fingerprint density at radius 3 is 2.26 bits per heavy atom. The van der Waals surface area contributed by atoms with Crippen LogP contribution in [0.4, 0.5) is 0 Å². The van der Waals surface area contributed by atoms with Gasteiger partial charge in [-0.1, -0.05) is 46.0 Å². The first-order chi connectivity index (χ1) is 8.87. The quantitative estimate of drug-likeness (QED) is 0.483. The molecule has 1 atom stereocenters. The molecule has 0 aromatic rings. The summed E-state index contributed by atoms with van der Waals surface area (Å²) < 4.78 is 5.34. The maximum atomic E-state index is 11.7. The van der Waals surface area contributed by atoms with Gasteiger partial charge in [-0.2, -0.15) is 0 Å². The number of carbonyl (C=O) groups is 1. The fourth-order valence-electron chi connectivity index (χ4n) is 1.83. The average Bonchev–Trinajstić information content (AvgIpc) is 2.30. The molecule has 0 saturated carbocycles. The predicted octanol–water partition coefficient (Wildman–Crippen LogP) is 3.91.